The van der Waals surface area contributed by atoms with Crippen LogP contribution in [-0.4, -0.2) is 22.6 Å². The molecular weight excluding hydrogens is 266 g/mol. The maximum atomic E-state index is 5.53. The van der Waals surface area contributed by atoms with Gasteiger partial charge in [0.05, 0.1) is 12.2 Å². The third kappa shape index (κ3) is 2.88. The van der Waals surface area contributed by atoms with Crippen LogP contribution in [0.2, 0.25) is 0 Å². The lowest BCUT2D eigenvalue weighted by Crippen LogP contribution is -2.33. The number of aromatic nitrogens is 2. The molecule has 0 saturated heterocycles. The van der Waals surface area contributed by atoms with Gasteiger partial charge in [-0.05, 0) is 32.4 Å². The molecule has 2 heterocycles. The average Bonchev–Trinajstić information content (AvgIpc) is 3.12. The van der Waals surface area contributed by atoms with E-state index in [1.165, 1.54) is 5.56 Å². The van der Waals surface area contributed by atoms with Gasteiger partial charge in [0.1, 0.15) is 0 Å². The molecule has 0 bridgehead atoms. The van der Waals surface area contributed by atoms with Crippen LogP contribution in [0.1, 0.15) is 31.0 Å². The minimum atomic E-state index is 0.285. The Balaban J connectivity index is 1.64. The van der Waals surface area contributed by atoms with E-state index in [-0.39, 0.29) is 6.04 Å². The maximum Gasteiger partial charge on any atom is 0.231 e. The molecule has 1 N–H and O–H groups in total. The van der Waals surface area contributed by atoms with E-state index in [1.807, 2.05) is 23.0 Å². The van der Waals surface area contributed by atoms with Crippen LogP contribution < -0.4 is 14.8 Å². The summed E-state index contributed by atoms with van der Waals surface area (Å²) >= 11 is 0. The van der Waals surface area contributed by atoms with E-state index >= 15 is 0 Å². The first kappa shape index (κ1) is 13.9. The first-order valence-corrected chi connectivity index (χ1v) is 7.27. The molecule has 1 aliphatic heterocycles. The van der Waals surface area contributed by atoms with Crippen LogP contribution in [0, 0.1) is 6.92 Å². The van der Waals surface area contributed by atoms with Crippen molar-refractivity contribution >= 4 is 0 Å². The second kappa shape index (κ2) is 5.77. The lowest BCUT2D eigenvalue weighted by atomic mass is 10.1. The Morgan fingerprint density at radius 3 is 2.95 bits per heavy atom. The van der Waals surface area contributed by atoms with E-state index in [2.05, 4.69) is 43.4 Å². The lowest BCUT2D eigenvalue weighted by Gasteiger charge is -2.22. The smallest absolute Gasteiger partial charge is 0.231 e. The van der Waals surface area contributed by atoms with E-state index in [9.17, 15) is 0 Å². The van der Waals surface area contributed by atoms with E-state index in [1.54, 1.807) is 0 Å². The zero-order chi connectivity index (χ0) is 14.8. The Bertz CT molecular complexity index is 624. The highest BCUT2D eigenvalue weighted by Gasteiger charge is 2.19. The monoisotopic (exact) mass is 287 g/mol. The highest BCUT2D eigenvalue weighted by molar-refractivity contribution is 5.48. The molecule has 5 heteroatoms. The van der Waals surface area contributed by atoms with Gasteiger partial charge in [-0.1, -0.05) is 12.1 Å². The fraction of sp³-hybridized carbons (Fsp3) is 0.438. The number of rotatable bonds is 5. The molecule has 0 aliphatic carbocycles. The van der Waals surface area contributed by atoms with Gasteiger partial charge in [-0.3, -0.25) is 4.68 Å². The molecule has 0 radical (unpaired) electrons. The maximum absolute atomic E-state index is 5.53. The molecular formula is C16H21N3O2. The Hall–Kier alpha value is -2.01. The predicted octanol–water partition coefficient (Wildman–Crippen LogP) is 2.66. The normalized spacial score (nSPS) is 16.0. The number of nitrogens with zero attached hydrogens (tertiary/aromatic N) is 2. The van der Waals surface area contributed by atoms with Crippen molar-refractivity contribution in [1.29, 1.82) is 0 Å². The molecule has 3 rings (SSSR count). The summed E-state index contributed by atoms with van der Waals surface area (Å²) in [6.07, 6.45) is 3.96. The SMILES string of the molecule is Cc1cnn([C@H](C)[C@H](C)NCc2cccc3c2OCO3)c1. The number of hydrogen-bond acceptors (Lipinski definition) is 4. The number of ether oxygens (including phenoxy) is 2. The molecule has 0 spiro atoms. The van der Waals surface area contributed by atoms with Gasteiger partial charge in [0.2, 0.25) is 6.79 Å². The number of nitrogens with one attached hydrogen (secondary N) is 1. The second-order valence-corrected chi connectivity index (χ2v) is 5.56. The molecule has 0 saturated carbocycles. The van der Waals surface area contributed by atoms with Crippen LogP contribution in [0.4, 0.5) is 0 Å². The fourth-order valence-electron chi connectivity index (χ4n) is 2.46. The van der Waals surface area contributed by atoms with Gasteiger partial charge < -0.3 is 14.8 Å². The standard InChI is InChI=1S/C16H21N3O2/c1-11-7-18-19(9-11)13(3)12(2)17-8-14-5-4-6-15-16(14)21-10-20-15/h4-7,9,12-13,17H,8,10H2,1-3H3/t12-,13+/m0/s1. The zero-order valence-corrected chi connectivity index (χ0v) is 12.7. The van der Waals surface area contributed by atoms with Crippen molar-refractivity contribution in [3.8, 4) is 11.5 Å². The zero-order valence-electron chi connectivity index (χ0n) is 12.7. The summed E-state index contributed by atoms with van der Waals surface area (Å²) in [7, 11) is 0. The van der Waals surface area contributed by atoms with Crippen molar-refractivity contribution in [2.75, 3.05) is 6.79 Å². The minimum absolute atomic E-state index is 0.285. The Morgan fingerprint density at radius 1 is 1.33 bits per heavy atom. The quantitative estimate of drug-likeness (QED) is 0.918. The van der Waals surface area contributed by atoms with Crippen molar-refractivity contribution in [2.24, 2.45) is 0 Å². The summed E-state index contributed by atoms with van der Waals surface area (Å²) in [5.41, 5.74) is 2.31. The number of fused-ring (bicyclic) bond motifs is 1. The molecule has 112 valence electrons. The number of para-hydroxylation sites is 1. The van der Waals surface area contributed by atoms with Gasteiger partial charge in [-0.25, -0.2) is 0 Å². The van der Waals surface area contributed by atoms with Gasteiger partial charge >= 0.3 is 0 Å². The molecule has 21 heavy (non-hydrogen) atoms. The summed E-state index contributed by atoms with van der Waals surface area (Å²) < 4.78 is 12.9. The first-order chi connectivity index (χ1) is 10.1. The summed E-state index contributed by atoms with van der Waals surface area (Å²) in [6.45, 7) is 7.45. The van der Waals surface area contributed by atoms with Gasteiger partial charge in [-0.15, -0.1) is 0 Å². The largest absolute Gasteiger partial charge is 0.454 e. The van der Waals surface area contributed by atoms with Crippen LogP contribution in [-0.2, 0) is 6.54 Å². The topological polar surface area (TPSA) is 48.3 Å². The number of aryl methyl sites for hydroxylation is 1. The molecule has 1 aromatic carbocycles. The second-order valence-electron chi connectivity index (χ2n) is 5.56. The van der Waals surface area contributed by atoms with Crippen LogP contribution >= 0.6 is 0 Å². The highest BCUT2D eigenvalue weighted by atomic mass is 16.7. The van der Waals surface area contributed by atoms with Crippen molar-refractivity contribution in [2.45, 2.75) is 39.4 Å². The summed E-state index contributed by atoms with van der Waals surface area (Å²) in [4.78, 5) is 0. The Morgan fingerprint density at radius 2 is 2.19 bits per heavy atom. The van der Waals surface area contributed by atoms with Crippen LogP contribution in [0.5, 0.6) is 11.5 Å². The fourth-order valence-corrected chi connectivity index (χ4v) is 2.46. The summed E-state index contributed by atoms with van der Waals surface area (Å²) in [6, 6.07) is 6.57. The van der Waals surface area contributed by atoms with Crippen molar-refractivity contribution in [1.82, 2.24) is 15.1 Å². The van der Waals surface area contributed by atoms with Gasteiger partial charge in [0, 0.05) is 24.3 Å². The van der Waals surface area contributed by atoms with E-state index in [4.69, 9.17) is 9.47 Å². The molecule has 1 aromatic heterocycles. The third-order valence-corrected chi connectivity index (χ3v) is 3.96. The molecule has 5 nitrogen and oxygen atoms in total. The Labute approximate surface area is 124 Å². The predicted molar refractivity (Wildman–Crippen MR) is 80.5 cm³/mol. The van der Waals surface area contributed by atoms with Crippen molar-refractivity contribution < 1.29 is 9.47 Å². The van der Waals surface area contributed by atoms with Gasteiger partial charge in [0.25, 0.3) is 0 Å². The molecule has 2 atom stereocenters. The summed E-state index contributed by atoms with van der Waals surface area (Å²) in [5, 5.41) is 7.92. The van der Waals surface area contributed by atoms with Gasteiger partial charge in [-0.2, -0.15) is 5.10 Å². The average molecular weight is 287 g/mol. The highest BCUT2D eigenvalue weighted by Crippen LogP contribution is 2.35. The van der Waals surface area contributed by atoms with E-state index in [0.717, 1.165) is 23.6 Å². The number of hydrogen-bond donors (Lipinski definition) is 1. The van der Waals surface area contributed by atoms with E-state index < -0.39 is 0 Å². The molecule has 1 aliphatic rings. The van der Waals surface area contributed by atoms with Gasteiger partial charge in [0.15, 0.2) is 11.5 Å². The molecule has 0 amide bonds. The molecule has 0 unspecified atom stereocenters. The summed E-state index contributed by atoms with van der Waals surface area (Å²) in [5.74, 6) is 1.69. The molecule has 0 fully saturated rings. The van der Waals surface area contributed by atoms with Crippen molar-refractivity contribution in [3.05, 3.63) is 41.7 Å². The Kier molecular flexibility index (Phi) is 3.84. The van der Waals surface area contributed by atoms with Crippen LogP contribution in [0.3, 0.4) is 0 Å². The van der Waals surface area contributed by atoms with Crippen LogP contribution in [0.25, 0.3) is 0 Å². The van der Waals surface area contributed by atoms with Crippen molar-refractivity contribution in [3.63, 3.8) is 0 Å². The minimum Gasteiger partial charge on any atom is -0.454 e. The third-order valence-electron chi connectivity index (χ3n) is 3.96. The first-order valence-electron chi connectivity index (χ1n) is 7.27. The van der Waals surface area contributed by atoms with E-state index in [0.29, 0.717) is 12.8 Å². The lowest BCUT2D eigenvalue weighted by molar-refractivity contribution is 0.173. The molecule has 2 aromatic rings. The number of benzene rings is 1. The van der Waals surface area contributed by atoms with Crippen LogP contribution in [0.15, 0.2) is 30.6 Å².